The summed E-state index contributed by atoms with van der Waals surface area (Å²) in [4.78, 5) is 27.3. The molecule has 0 aliphatic carbocycles. The van der Waals surface area contributed by atoms with Crippen molar-refractivity contribution in [3.63, 3.8) is 0 Å². The molecule has 1 heterocycles. The zero-order chi connectivity index (χ0) is 22.2. The van der Waals surface area contributed by atoms with Crippen LogP contribution in [0.5, 0.6) is 5.75 Å². The second kappa shape index (κ2) is 11.2. The summed E-state index contributed by atoms with van der Waals surface area (Å²) in [6.07, 6.45) is 4.48. The van der Waals surface area contributed by atoms with E-state index >= 15 is 0 Å². The minimum absolute atomic E-state index is 0.0578. The van der Waals surface area contributed by atoms with Crippen molar-refractivity contribution in [1.82, 2.24) is 10.2 Å². The van der Waals surface area contributed by atoms with E-state index in [0.717, 1.165) is 30.4 Å². The maximum atomic E-state index is 12.7. The van der Waals surface area contributed by atoms with Crippen LogP contribution in [0.3, 0.4) is 0 Å². The lowest BCUT2D eigenvalue weighted by atomic mass is 10.1. The first-order valence-electron chi connectivity index (χ1n) is 10.4. The van der Waals surface area contributed by atoms with Crippen LogP contribution in [0.25, 0.3) is 0 Å². The molecule has 1 fully saturated rings. The fourth-order valence-corrected chi connectivity index (χ4v) is 4.02. The van der Waals surface area contributed by atoms with Crippen molar-refractivity contribution in [3.8, 4) is 5.75 Å². The number of carbonyl (C=O) groups is 2. The van der Waals surface area contributed by atoms with E-state index in [1.807, 2.05) is 17.9 Å². The van der Waals surface area contributed by atoms with Gasteiger partial charge in [-0.2, -0.15) is 0 Å². The third kappa shape index (κ3) is 6.51. The first-order valence-corrected chi connectivity index (χ1v) is 11.6. The Morgan fingerprint density at radius 2 is 1.74 bits per heavy atom. The molecule has 1 aliphatic rings. The maximum absolute atomic E-state index is 12.7. The zero-order valence-corrected chi connectivity index (χ0v) is 19.9. The molecular weight excluding hydrogens is 478 g/mol. The highest BCUT2D eigenvalue weighted by Gasteiger charge is 2.18. The normalized spacial score (nSPS) is 13.8. The number of likely N-dealkylation sites (tertiary alicyclic amines) is 1. The number of rotatable bonds is 5. The van der Waals surface area contributed by atoms with Crippen molar-refractivity contribution in [1.29, 1.82) is 0 Å². The predicted molar refractivity (Wildman–Crippen MR) is 130 cm³/mol. The third-order valence-corrected chi connectivity index (χ3v) is 5.69. The van der Waals surface area contributed by atoms with Crippen LogP contribution < -0.4 is 15.4 Å². The monoisotopic (exact) mass is 503 g/mol. The summed E-state index contributed by atoms with van der Waals surface area (Å²) in [5, 5.41) is 5.82. The zero-order valence-electron chi connectivity index (χ0n) is 17.4. The lowest BCUT2D eigenvalue weighted by Gasteiger charge is -2.20. The van der Waals surface area contributed by atoms with Crippen LogP contribution in [0, 0.1) is 0 Å². The molecule has 0 radical (unpaired) electrons. The Hall–Kier alpha value is -2.45. The molecule has 3 rings (SSSR count). The Morgan fingerprint density at radius 3 is 2.39 bits per heavy atom. The molecule has 2 aromatic rings. The molecule has 2 N–H and O–H groups in total. The first-order chi connectivity index (χ1) is 15.0. The molecule has 0 bridgehead atoms. The number of nitrogens with one attached hydrogen (secondary N) is 2. The molecule has 2 amide bonds. The van der Waals surface area contributed by atoms with Crippen molar-refractivity contribution < 1.29 is 14.3 Å². The summed E-state index contributed by atoms with van der Waals surface area (Å²) in [7, 11) is 0. The number of carbonyl (C=O) groups excluding carboxylic acids is 2. The molecule has 8 heteroatoms. The van der Waals surface area contributed by atoms with Gasteiger partial charge in [0.1, 0.15) is 5.75 Å². The van der Waals surface area contributed by atoms with Crippen LogP contribution in [0.1, 0.15) is 53.3 Å². The molecule has 164 valence electrons. The number of nitrogens with zero attached hydrogens (tertiary/aromatic N) is 1. The van der Waals surface area contributed by atoms with E-state index in [2.05, 4.69) is 26.6 Å². The van der Waals surface area contributed by atoms with Crippen LogP contribution >= 0.6 is 28.1 Å². The van der Waals surface area contributed by atoms with Crippen molar-refractivity contribution in [2.24, 2.45) is 0 Å². The molecule has 1 saturated heterocycles. The Balaban J connectivity index is 1.60. The highest BCUT2D eigenvalue weighted by molar-refractivity contribution is 9.10. The second-order valence-corrected chi connectivity index (χ2v) is 8.59. The Kier molecular flexibility index (Phi) is 8.43. The average Bonchev–Trinajstić information content (AvgIpc) is 3.04. The summed E-state index contributed by atoms with van der Waals surface area (Å²) in [6.45, 7) is 3.94. The van der Waals surface area contributed by atoms with Crippen molar-refractivity contribution in [2.75, 3.05) is 25.0 Å². The summed E-state index contributed by atoms with van der Waals surface area (Å²) in [5.74, 6) is 0.181. The van der Waals surface area contributed by atoms with Crippen LogP contribution in [-0.2, 0) is 0 Å². The Morgan fingerprint density at radius 1 is 1.06 bits per heavy atom. The highest BCUT2D eigenvalue weighted by Crippen LogP contribution is 2.23. The predicted octanol–water partition coefficient (Wildman–Crippen LogP) is 4.99. The number of hydrogen-bond acceptors (Lipinski definition) is 4. The quantitative estimate of drug-likeness (QED) is 0.562. The number of ether oxygens (including phenoxy) is 1. The van der Waals surface area contributed by atoms with Gasteiger partial charge in [0.2, 0.25) is 0 Å². The molecule has 0 spiro atoms. The molecule has 0 unspecified atom stereocenters. The molecule has 1 aliphatic heterocycles. The van der Waals surface area contributed by atoms with E-state index in [9.17, 15) is 9.59 Å². The van der Waals surface area contributed by atoms with Crippen LogP contribution in [0.15, 0.2) is 46.9 Å². The Labute approximate surface area is 196 Å². The molecule has 6 nitrogen and oxygen atoms in total. The van der Waals surface area contributed by atoms with Crippen LogP contribution in [0.2, 0.25) is 0 Å². The minimum atomic E-state index is -0.366. The lowest BCUT2D eigenvalue weighted by molar-refractivity contribution is 0.0761. The van der Waals surface area contributed by atoms with Crippen LogP contribution in [-0.4, -0.2) is 41.5 Å². The third-order valence-electron chi connectivity index (χ3n) is 5.00. The van der Waals surface area contributed by atoms with Gasteiger partial charge in [-0.25, -0.2) is 0 Å². The van der Waals surface area contributed by atoms with E-state index in [4.69, 9.17) is 17.0 Å². The molecule has 0 atom stereocenters. The van der Waals surface area contributed by atoms with E-state index < -0.39 is 0 Å². The SMILES string of the molecule is CCOc1ccc(Br)cc1C(=O)NC(=S)Nc1ccc(C(=O)N2CCCCCC2)cc1. The number of benzene rings is 2. The van der Waals surface area contributed by atoms with Gasteiger partial charge in [0.25, 0.3) is 11.8 Å². The van der Waals surface area contributed by atoms with E-state index in [1.165, 1.54) is 12.8 Å². The van der Waals surface area contributed by atoms with Gasteiger partial charge in [-0.05, 0) is 74.4 Å². The van der Waals surface area contributed by atoms with Crippen LogP contribution in [0.4, 0.5) is 5.69 Å². The van der Waals surface area contributed by atoms with Gasteiger partial charge >= 0.3 is 0 Å². The number of amides is 2. The topological polar surface area (TPSA) is 70.7 Å². The number of thiocarbonyl (C=S) groups is 1. The molecule has 31 heavy (non-hydrogen) atoms. The summed E-state index contributed by atoms with van der Waals surface area (Å²) in [5.41, 5.74) is 1.73. The fraction of sp³-hybridized carbons (Fsp3) is 0.348. The largest absolute Gasteiger partial charge is 0.493 e. The molecular formula is C23H26BrN3O3S. The van der Waals surface area contributed by atoms with Crippen molar-refractivity contribution in [2.45, 2.75) is 32.6 Å². The smallest absolute Gasteiger partial charge is 0.261 e. The van der Waals surface area contributed by atoms with Gasteiger partial charge in [-0.15, -0.1) is 0 Å². The van der Waals surface area contributed by atoms with Gasteiger partial charge in [-0.3, -0.25) is 14.9 Å². The minimum Gasteiger partial charge on any atom is -0.493 e. The van der Waals surface area contributed by atoms with Crippen molar-refractivity contribution >= 4 is 50.8 Å². The van der Waals surface area contributed by atoms with Gasteiger partial charge in [0.05, 0.1) is 12.2 Å². The second-order valence-electron chi connectivity index (χ2n) is 7.27. The average molecular weight is 504 g/mol. The molecule has 0 saturated carbocycles. The number of halogens is 1. The lowest BCUT2D eigenvalue weighted by Crippen LogP contribution is -2.34. The number of hydrogen-bond donors (Lipinski definition) is 2. The summed E-state index contributed by atoms with van der Waals surface area (Å²) < 4.78 is 6.29. The Bertz CT molecular complexity index is 942. The van der Waals surface area contributed by atoms with Gasteiger partial charge in [-0.1, -0.05) is 28.8 Å². The fourth-order valence-electron chi connectivity index (χ4n) is 3.45. The maximum Gasteiger partial charge on any atom is 0.261 e. The van der Waals surface area contributed by atoms with Crippen molar-refractivity contribution in [3.05, 3.63) is 58.1 Å². The summed E-state index contributed by atoms with van der Waals surface area (Å²) >= 11 is 8.66. The standard InChI is InChI=1S/C23H26BrN3O3S/c1-2-30-20-12-9-17(24)15-19(20)21(28)26-23(31)25-18-10-7-16(8-11-18)22(29)27-13-5-3-4-6-14-27/h7-12,15H,2-6,13-14H2,1H3,(H2,25,26,28,31). The van der Waals surface area contributed by atoms with E-state index in [1.54, 1.807) is 36.4 Å². The molecule has 0 aromatic heterocycles. The van der Waals surface area contributed by atoms with Gasteiger partial charge in [0.15, 0.2) is 5.11 Å². The van der Waals surface area contributed by atoms with E-state index in [-0.39, 0.29) is 16.9 Å². The number of anilines is 1. The van der Waals surface area contributed by atoms with Gasteiger partial charge in [0, 0.05) is 28.8 Å². The highest BCUT2D eigenvalue weighted by atomic mass is 79.9. The first kappa shape index (κ1) is 23.2. The summed E-state index contributed by atoms with van der Waals surface area (Å²) in [6, 6.07) is 12.4. The molecule has 2 aromatic carbocycles. The van der Waals surface area contributed by atoms with Gasteiger partial charge < -0.3 is 15.0 Å². The van der Waals surface area contributed by atoms with E-state index in [0.29, 0.717) is 29.2 Å².